The van der Waals surface area contributed by atoms with E-state index < -0.39 is 0 Å². The first-order chi connectivity index (χ1) is 6.77. The van der Waals surface area contributed by atoms with Crippen molar-refractivity contribution in [2.45, 2.75) is 6.04 Å². The lowest BCUT2D eigenvalue weighted by atomic mass is 10.2. The van der Waals surface area contributed by atoms with Crippen molar-refractivity contribution in [3.63, 3.8) is 0 Å². The highest BCUT2D eigenvalue weighted by Gasteiger charge is 2.25. The van der Waals surface area contributed by atoms with E-state index in [4.69, 9.17) is 5.73 Å². The molecule has 2 aliphatic heterocycles. The Morgan fingerprint density at radius 1 is 1.43 bits per heavy atom. The normalized spacial score (nSPS) is 22.4. The minimum absolute atomic E-state index is 0.135. The first-order valence-corrected chi connectivity index (χ1v) is 4.19. The molecule has 0 aromatic rings. The van der Waals surface area contributed by atoms with Gasteiger partial charge in [-0.15, -0.1) is 0 Å². The summed E-state index contributed by atoms with van der Waals surface area (Å²) in [6, 6.07) is -0.276. The van der Waals surface area contributed by atoms with Crippen LogP contribution in [-0.4, -0.2) is 35.5 Å². The Balaban J connectivity index is 2.08. The molecule has 0 bridgehead atoms. The van der Waals surface area contributed by atoms with Gasteiger partial charge in [0.2, 0.25) is 0 Å². The molecule has 0 radical (unpaired) electrons. The third kappa shape index (κ3) is 1.59. The Morgan fingerprint density at radius 3 is 3.07 bits per heavy atom. The van der Waals surface area contributed by atoms with Crippen LogP contribution in [-0.2, 0) is 0 Å². The molecule has 0 aromatic heterocycles. The average molecular weight is 209 g/mol. The molecule has 2 heterocycles. The summed E-state index contributed by atoms with van der Waals surface area (Å²) in [7, 11) is 0. The molecular formula is C6H7N7S. The maximum Gasteiger partial charge on any atom is 0.182 e. The van der Waals surface area contributed by atoms with E-state index in [1.165, 1.54) is 12.7 Å². The van der Waals surface area contributed by atoms with Crippen molar-refractivity contribution in [1.82, 2.24) is 10.9 Å². The summed E-state index contributed by atoms with van der Waals surface area (Å²) in [4.78, 5) is 15.9. The lowest BCUT2D eigenvalue weighted by molar-refractivity contribution is 0.838. The van der Waals surface area contributed by atoms with Gasteiger partial charge in [0.25, 0.3) is 0 Å². The maximum absolute atomic E-state index is 5.25. The van der Waals surface area contributed by atoms with Crippen LogP contribution in [0.5, 0.6) is 0 Å². The largest absolute Gasteiger partial charge is 0.375 e. The molecule has 0 spiro atoms. The topological polar surface area (TPSA) is 99.5 Å². The number of nitrogens with zero attached hydrogens (tertiary/aromatic N) is 4. The summed E-state index contributed by atoms with van der Waals surface area (Å²) in [6.45, 7) is 0. The maximum atomic E-state index is 5.25. The third-order valence-electron chi connectivity index (χ3n) is 1.61. The number of hydrazine groups is 1. The van der Waals surface area contributed by atoms with Crippen molar-refractivity contribution < 1.29 is 0 Å². The van der Waals surface area contributed by atoms with Crippen LogP contribution in [0.3, 0.4) is 0 Å². The Morgan fingerprint density at radius 2 is 2.29 bits per heavy atom. The molecule has 2 rings (SSSR count). The number of nitrogens with one attached hydrogen (secondary N) is 2. The van der Waals surface area contributed by atoms with E-state index in [1.54, 1.807) is 0 Å². The van der Waals surface area contributed by atoms with E-state index in [-0.39, 0.29) is 11.2 Å². The molecule has 2 aliphatic rings. The predicted molar refractivity (Wildman–Crippen MR) is 58.7 cm³/mol. The van der Waals surface area contributed by atoms with Crippen LogP contribution in [0, 0.1) is 0 Å². The first-order valence-electron chi connectivity index (χ1n) is 3.78. The van der Waals surface area contributed by atoms with Crippen LogP contribution in [0.2, 0.25) is 0 Å². The van der Waals surface area contributed by atoms with E-state index in [0.29, 0.717) is 11.7 Å². The van der Waals surface area contributed by atoms with E-state index in [1.807, 2.05) is 0 Å². The molecule has 14 heavy (non-hydrogen) atoms. The fourth-order valence-corrected chi connectivity index (χ4v) is 1.09. The van der Waals surface area contributed by atoms with Gasteiger partial charge in [-0.05, 0) is 12.2 Å². The number of aliphatic imine (C=N–C) groups is 4. The van der Waals surface area contributed by atoms with E-state index in [0.717, 1.165) is 0 Å². The number of fused-ring (bicyclic) bond motifs is 1. The smallest absolute Gasteiger partial charge is 0.182 e. The number of rotatable bonds is 0. The van der Waals surface area contributed by atoms with Gasteiger partial charge in [-0.1, -0.05) is 0 Å². The van der Waals surface area contributed by atoms with Gasteiger partial charge in [-0.2, -0.15) is 0 Å². The van der Waals surface area contributed by atoms with Gasteiger partial charge in [0.05, 0.1) is 0 Å². The summed E-state index contributed by atoms with van der Waals surface area (Å²) >= 11 is 4.63. The van der Waals surface area contributed by atoms with Gasteiger partial charge in [0.15, 0.2) is 22.8 Å². The zero-order chi connectivity index (χ0) is 9.97. The second-order valence-electron chi connectivity index (χ2n) is 2.53. The summed E-state index contributed by atoms with van der Waals surface area (Å²) in [5, 5.41) is 0.135. The lowest BCUT2D eigenvalue weighted by Gasteiger charge is -2.16. The molecule has 0 saturated carbocycles. The monoisotopic (exact) mass is 209 g/mol. The molecule has 1 atom stereocenters. The molecule has 7 nitrogen and oxygen atoms in total. The zero-order valence-electron chi connectivity index (χ0n) is 7.01. The van der Waals surface area contributed by atoms with Crippen LogP contribution in [0.25, 0.3) is 0 Å². The van der Waals surface area contributed by atoms with E-state index in [2.05, 4.69) is 43.0 Å². The zero-order valence-corrected chi connectivity index (χ0v) is 7.82. The molecule has 8 heteroatoms. The SMILES string of the molecule is NC(=S)NNC1=NC=NC2=NC=NC21. The number of hydrogen-bond donors (Lipinski definition) is 3. The van der Waals surface area contributed by atoms with Crippen LogP contribution in [0.15, 0.2) is 20.0 Å². The molecule has 72 valence electrons. The number of hydrogen-bond acceptors (Lipinski definition) is 6. The average Bonchev–Trinajstić information content (AvgIpc) is 2.62. The predicted octanol–water partition coefficient (Wildman–Crippen LogP) is -1.43. The fraction of sp³-hybridized carbons (Fsp3) is 0.167. The summed E-state index contributed by atoms with van der Waals surface area (Å²) in [6.07, 6.45) is 2.84. The van der Waals surface area contributed by atoms with Crippen molar-refractivity contribution >= 4 is 41.7 Å². The van der Waals surface area contributed by atoms with Crippen molar-refractivity contribution in [3.05, 3.63) is 0 Å². The lowest BCUT2D eigenvalue weighted by Crippen LogP contribution is -2.50. The highest BCUT2D eigenvalue weighted by molar-refractivity contribution is 7.80. The van der Waals surface area contributed by atoms with Crippen LogP contribution < -0.4 is 16.6 Å². The van der Waals surface area contributed by atoms with Crippen LogP contribution >= 0.6 is 12.2 Å². The highest BCUT2D eigenvalue weighted by Crippen LogP contribution is 2.06. The standard InChI is InChI=1S/C6H7N7S/c7-6(14)13-12-5-3-4(9-1-8-3)10-2-11-5/h1-3H,(H3,7,13,14)(H,8,9,10,11,12). The molecule has 0 aromatic carbocycles. The third-order valence-corrected chi connectivity index (χ3v) is 1.71. The highest BCUT2D eigenvalue weighted by atomic mass is 32.1. The van der Waals surface area contributed by atoms with Crippen molar-refractivity contribution in [2.75, 3.05) is 0 Å². The van der Waals surface area contributed by atoms with Gasteiger partial charge in [-0.3, -0.25) is 15.8 Å². The second kappa shape index (κ2) is 3.50. The molecule has 0 saturated heterocycles. The molecule has 0 fully saturated rings. The Kier molecular flexibility index (Phi) is 2.19. The number of nitrogens with two attached hydrogens (primary N) is 1. The second-order valence-corrected chi connectivity index (χ2v) is 2.97. The van der Waals surface area contributed by atoms with E-state index in [9.17, 15) is 0 Å². The minimum Gasteiger partial charge on any atom is -0.375 e. The minimum atomic E-state index is -0.276. The first kappa shape index (κ1) is 8.75. The molecular weight excluding hydrogens is 202 g/mol. The Bertz CT molecular complexity index is 380. The van der Waals surface area contributed by atoms with Crippen molar-refractivity contribution in [1.29, 1.82) is 0 Å². The summed E-state index contributed by atoms with van der Waals surface area (Å²) < 4.78 is 0. The van der Waals surface area contributed by atoms with Crippen molar-refractivity contribution in [2.24, 2.45) is 25.7 Å². The van der Waals surface area contributed by atoms with Gasteiger partial charge >= 0.3 is 0 Å². The molecule has 0 amide bonds. The number of amidine groups is 2. The van der Waals surface area contributed by atoms with Crippen LogP contribution in [0.1, 0.15) is 0 Å². The van der Waals surface area contributed by atoms with Crippen LogP contribution in [0.4, 0.5) is 0 Å². The Labute approximate surface area is 84.9 Å². The Hall–Kier alpha value is -1.83. The van der Waals surface area contributed by atoms with E-state index >= 15 is 0 Å². The quantitative estimate of drug-likeness (QED) is 0.336. The van der Waals surface area contributed by atoms with Gasteiger partial charge in [-0.25, -0.2) is 15.0 Å². The summed E-state index contributed by atoms with van der Waals surface area (Å²) in [5.74, 6) is 1.17. The number of thiocarbonyl (C=S) groups is 1. The molecule has 4 N–H and O–H groups in total. The van der Waals surface area contributed by atoms with Crippen molar-refractivity contribution in [3.8, 4) is 0 Å². The summed E-state index contributed by atoms with van der Waals surface area (Å²) in [5.41, 5.74) is 10.6. The van der Waals surface area contributed by atoms with Gasteiger partial charge in [0, 0.05) is 0 Å². The molecule has 0 aliphatic carbocycles. The fourth-order valence-electron chi connectivity index (χ4n) is 1.04. The molecule has 1 unspecified atom stereocenters. The van der Waals surface area contributed by atoms with Gasteiger partial charge in [0.1, 0.15) is 12.7 Å². The van der Waals surface area contributed by atoms with Gasteiger partial charge < -0.3 is 5.73 Å².